The smallest absolute Gasteiger partial charge is 0.252 e. The fraction of sp³-hybridized carbons (Fsp3) is 0.400. The van der Waals surface area contributed by atoms with E-state index >= 15 is 4.39 Å². The van der Waals surface area contributed by atoms with E-state index in [9.17, 15) is 9.18 Å². The summed E-state index contributed by atoms with van der Waals surface area (Å²) in [5, 5.41) is -0.427. The molecule has 0 bridgehead atoms. The lowest BCUT2D eigenvalue weighted by Crippen LogP contribution is -2.83. The lowest BCUT2D eigenvalue weighted by atomic mass is 9.17. The van der Waals surface area contributed by atoms with E-state index < -0.39 is 32.6 Å². The van der Waals surface area contributed by atoms with E-state index in [1.807, 2.05) is 75.0 Å². The van der Waals surface area contributed by atoms with Crippen LogP contribution in [0.4, 0.5) is 8.78 Å². The van der Waals surface area contributed by atoms with Crippen molar-refractivity contribution in [1.82, 2.24) is 15.2 Å². The third-order valence-electron chi connectivity index (χ3n) is 9.23. The van der Waals surface area contributed by atoms with Crippen LogP contribution >= 0.6 is 11.6 Å². The van der Waals surface area contributed by atoms with Gasteiger partial charge in [-0.25, -0.2) is 8.78 Å². The maximum Gasteiger partial charge on any atom is 0.252 e. The fourth-order valence-corrected chi connectivity index (χ4v) is 6.63. The number of benzene rings is 1. The van der Waals surface area contributed by atoms with E-state index in [1.54, 1.807) is 4.90 Å². The molecule has 2 aromatic rings. The molecule has 3 rings (SSSR count). The molecule has 2 heterocycles. The molecule has 1 atom stereocenters. The average molecular weight is 524 g/mol. The van der Waals surface area contributed by atoms with E-state index in [1.165, 1.54) is 18.2 Å². The number of amides is 1. The first-order valence-electron chi connectivity index (χ1n) is 13.3. The summed E-state index contributed by atoms with van der Waals surface area (Å²) in [5.74, 6) is -0.881. The summed E-state index contributed by atoms with van der Waals surface area (Å²) in [7, 11) is 21.6. The van der Waals surface area contributed by atoms with Crippen LogP contribution in [-0.4, -0.2) is 125 Å². The first-order valence-corrected chi connectivity index (χ1v) is 13.6. The summed E-state index contributed by atoms with van der Waals surface area (Å²) in [6, 6.07) is 8.03. The average Bonchev–Trinajstić information content (AvgIpc) is 2.80. The van der Waals surface area contributed by atoms with Gasteiger partial charge in [-0.2, -0.15) is 0 Å². The number of rotatable bonds is 6. The standard InChI is InChI=1S/C20H33B11ClF2N3O/c21-15(22)8-37(14(38)9-1-4-13(33)12(32)5-9)20(30,31)18(26,27)17(15,34)19(28,29)36-7-11-3-2-10(6-35-11)16(23,24)25/h1-6,36H,7-8,21-31H2. The Hall–Kier alpha value is -1.34. The molecule has 0 radical (unpaired) electrons. The van der Waals surface area contributed by atoms with Crippen LogP contribution in [0.15, 0.2) is 36.5 Å². The lowest BCUT2D eigenvalue weighted by Gasteiger charge is -2.71. The number of halogens is 3. The Labute approximate surface area is 241 Å². The van der Waals surface area contributed by atoms with Gasteiger partial charge in [0.1, 0.15) is 68.6 Å². The van der Waals surface area contributed by atoms with Gasteiger partial charge in [-0.1, -0.05) is 22.8 Å². The summed E-state index contributed by atoms with van der Waals surface area (Å²) in [6.07, 6.45) is 1.89. The van der Waals surface area contributed by atoms with Gasteiger partial charge in [-0.05, 0) is 50.9 Å². The maximum absolute atomic E-state index is 18.0. The number of nitrogens with one attached hydrogen (secondary N) is 1. The molecule has 38 heavy (non-hydrogen) atoms. The SMILES string of the molecule is BC(B)(B)c1ccc(CNC(B)(B)C2(F)C(B)(B)CN(C(=O)c3ccc(F)c(Cl)c3)C(B)(B)C2(B)B)nc1. The highest BCUT2D eigenvalue weighted by molar-refractivity contribution is 6.60. The summed E-state index contributed by atoms with van der Waals surface area (Å²) in [5.41, 5.74) is 0.514. The summed E-state index contributed by atoms with van der Waals surface area (Å²) in [4.78, 5) is 20.1. The first kappa shape index (κ1) is 31.2. The van der Waals surface area contributed by atoms with Crippen molar-refractivity contribution in [3.63, 3.8) is 0 Å². The predicted molar refractivity (Wildman–Crippen MR) is 184 cm³/mol. The molecule has 1 fully saturated rings. The molecule has 1 amide bonds. The highest BCUT2D eigenvalue weighted by Crippen LogP contribution is 2.62. The Kier molecular flexibility index (Phi) is 8.16. The maximum atomic E-state index is 18.0. The van der Waals surface area contributed by atoms with Crippen LogP contribution in [0.3, 0.4) is 0 Å². The molecule has 1 saturated heterocycles. The van der Waals surface area contributed by atoms with Crippen LogP contribution in [0.2, 0.25) is 15.5 Å². The number of alkyl halides is 1. The molecule has 18 heteroatoms. The molecule has 4 nitrogen and oxygen atoms in total. The lowest BCUT2D eigenvalue weighted by molar-refractivity contribution is -0.0135. The summed E-state index contributed by atoms with van der Waals surface area (Å²) >= 11 is 5.98. The molecule has 0 saturated carbocycles. The molecule has 188 valence electrons. The minimum atomic E-state index is -1.75. The number of piperidine rings is 1. The molecule has 0 spiro atoms. The number of carbonyl (C=O) groups is 1. The van der Waals surface area contributed by atoms with Gasteiger partial charge in [-0.3, -0.25) is 9.78 Å². The van der Waals surface area contributed by atoms with Gasteiger partial charge in [0.05, 0.1) is 39.9 Å². The third kappa shape index (κ3) is 5.00. The minimum Gasteiger partial charge on any atom is -0.350 e. The zero-order valence-corrected chi connectivity index (χ0v) is 25.6. The van der Waals surface area contributed by atoms with Crippen molar-refractivity contribution >= 4 is 104 Å². The first-order chi connectivity index (χ1) is 17.1. The van der Waals surface area contributed by atoms with E-state index in [0.717, 1.165) is 11.3 Å². The zero-order valence-electron chi connectivity index (χ0n) is 24.8. The van der Waals surface area contributed by atoms with Crippen LogP contribution < -0.4 is 5.32 Å². The van der Waals surface area contributed by atoms with Crippen molar-refractivity contribution in [1.29, 1.82) is 0 Å². The van der Waals surface area contributed by atoms with E-state index in [-0.39, 0.29) is 28.2 Å². The molecular weight excluding hydrogens is 491 g/mol. The van der Waals surface area contributed by atoms with Gasteiger partial charge in [0.25, 0.3) is 5.91 Å². The Morgan fingerprint density at radius 1 is 1.05 bits per heavy atom. The number of hydrogen-bond donors (Lipinski definition) is 1. The Morgan fingerprint density at radius 3 is 2.16 bits per heavy atom. The van der Waals surface area contributed by atoms with Crippen LogP contribution in [0.1, 0.15) is 21.6 Å². The van der Waals surface area contributed by atoms with Crippen LogP contribution in [0.25, 0.3) is 0 Å². The number of carbonyl (C=O) groups excluding carboxylic acids is 1. The molecule has 1 unspecified atom stereocenters. The number of aromatic nitrogens is 1. The highest BCUT2D eigenvalue weighted by Gasteiger charge is 2.70. The normalized spacial score (nSPS) is 22.6. The second kappa shape index (κ2) is 9.94. The van der Waals surface area contributed by atoms with Gasteiger partial charge in [0, 0.05) is 24.8 Å². The van der Waals surface area contributed by atoms with Crippen molar-refractivity contribution in [3.05, 3.63) is 64.2 Å². The zero-order chi connectivity index (χ0) is 29.1. The number of likely N-dealkylation sites (tertiary alicyclic amines) is 1. The fourth-order valence-electron chi connectivity index (χ4n) is 6.45. The van der Waals surface area contributed by atoms with Crippen molar-refractivity contribution < 1.29 is 13.6 Å². The second-order valence-corrected chi connectivity index (χ2v) is 14.4. The molecule has 1 aliphatic heterocycles. The molecular formula is C20H33B11ClF2N3O. The van der Waals surface area contributed by atoms with Crippen molar-refractivity contribution in [3.8, 4) is 0 Å². The number of nitrogens with zero attached hydrogens (tertiary/aromatic N) is 2. The van der Waals surface area contributed by atoms with Crippen molar-refractivity contribution in [2.75, 3.05) is 6.54 Å². The summed E-state index contributed by atoms with van der Waals surface area (Å²) in [6.45, 7) is 0.587. The quantitative estimate of drug-likeness (QED) is 0.383. The Bertz CT molecular complexity index is 1230. The van der Waals surface area contributed by atoms with Crippen molar-refractivity contribution in [2.45, 2.75) is 38.4 Å². The summed E-state index contributed by atoms with van der Waals surface area (Å²) < 4.78 is 31.8. The van der Waals surface area contributed by atoms with Crippen molar-refractivity contribution in [2.24, 2.45) is 0 Å². The Morgan fingerprint density at radius 2 is 1.66 bits per heavy atom. The van der Waals surface area contributed by atoms with E-state index in [0.29, 0.717) is 6.54 Å². The largest absolute Gasteiger partial charge is 0.350 e. The number of hydrogen-bond acceptors (Lipinski definition) is 3. The van der Waals surface area contributed by atoms with E-state index in [2.05, 4.69) is 39.9 Å². The van der Waals surface area contributed by atoms with Gasteiger partial charge >= 0.3 is 0 Å². The molecule has 1 aliphatic rings. The van der Waals surface area contributed by atoms with Crippen LogP contribution in [0.5, 0.6) is 0 Å². The van der Waals surface area contributed by atoms with E-state index in [4.69, 9.17) is 11.6 Å². The van der Waals surface area contributed by atoms with Crippen LogP contribution in [-0.2, 0) is 11.7 Å². The monoisotopic (exact) mass is 525 g/mol. The third-order valence-corrected chi connectivity index (χ3v) is 9.52. The molecule has 1 N–H and O–H groups in total. The highest BCUT2D eigenvalue weighted by atomic mass is 35.5. The predicted octanol–water partition coefficient (Wildman–Crippen LogP) is -7.56. The van der Waals surface area contributed by atoms with Gasteiger partial charge < -0.3 is 10.2 Å². The van der Waals surface area contributed by atoms with Crippen LogP contribution in [0, 0.1) is 5.82 Å². The minimum absolute atomic E-state index is 0.00547. The second-order valence-electron chi connectivity index (χ2n) is 14.0. The van der Waals surface area contributed by atoms with Gasteiger partial charge in [0.2, 0.25) is 0 Å². The molecule has 0 aliphatic carbocycles. The molecule has 1 aromatic heterocycles. The van der Waals surface area contributed by atoms with Gasteiger partial charge in [-0.15, -0.1) is 0 Å². The van der Waals surface area contributed by atoms with Gasteiger partial charge in [0.15, 0.2) is 0 Å². The Balaban J connectivity index is 1.96. The molecule has 1 aromatic carbocycles. The number of pyridine rings is 1. The topological polar surface area (TPSA) is 45.2 Å².